The predicted molar refractivity (Wildman–Crippen MR) is 141 cm³/mol. The molecular weight excluding hydrogens is 505 g/mol. The number of nitrogens with one attached hydrogen (secondary N) is 1. The third kappa shape index (κ3) is 4.60. The SMILES string of the molecule is O=C(NN1C(=O)/C(=C\c2cn(Cc3c(F)cccc3Cl)c3ccccc23)SC1=S)c1ccccc1. The molecule has 0 radical (unpaired) electrons. The van der Waals surface area contributed by atoms with Gasteiger partial charge >= 0.3 is 0 Å². The van der Waals surface area contributed by atoms with Crippen LogP contribution in [0.4, 0.5) is 4.39 Å². The Morgan fingerprint density at radius 2 is 1.80 bits per heavy atom. The molecule has 5 rings (SSSR count). The Morgan fingerprint density at radius 1 is 1.06 bits per heavy atom. The summed E-state index contributed by atoms with van der Waals surface area (Å²) in [6.07, 6.45) is 3.58. The zero-order chi connectivity index (χ0) is 24.5. The van der Waals surface area contributed by atoms with Gasteiger partial charge in [-0.25, -0.2) is 4.39 Å². The van der Waals surface area contributed by atoms with Crippen molar-refractivity contribution in [1.29, 1.82) is 0 Å². The van der Waals surface area contributed by atoms with E-state index in [9.17, 15) is 14.0 Å². The second-order valence-electron chi connectivity index (χ2n) is 7.75. The molecule has 3 aromatic carbocycles. The Morgan fingerprint density at radius 3 is 2.57 bits per heavy atom. The van der Waals surface area contributed by atoms with Crippen LogP contribution in [0.5, 0.6) is 0 Å². The number of aromatic nitrogens is 1. The molecule has 2 amide bonds. The smallest absolute Gasteiger partial charge is 0.285 e. The summed E-state index contributed by atoms with van der Waals surface area (Å²) >= 11 is 12.7. The maximum Gasteiger partial charge on any atom is 0.285 e. The largest absolute Gasteiger partial charge is 0.342 e. The first kappa shape index (κ1) is 23.3. The molecule has 0 atom stereocenters. The van der Waals surface area contributed by atoms with Crippen molar-refractivity contribution in [1.82, 2.24) is 15.0 Å². The zero-order valence-corrected chi connectivity index (χ0v) is 20.5. The third-order valence-electron chi connectivity index (χ3n) is 5.54. The van der Waals surface area contributed by atoms with Crippen LogP contribution in [0, 0.1) is 5.82 Å². The molecule has 0 saturated carbocycles. The fraction of sp³-hybridized carbons (Fsp3) is 0.0385. The lowest BCUT2D eigenvalue weighted by Crippen LogP contribution is -2.44. The van der Waals surface area contributed by atoms with Crippen molar-refractivity contribution in [2.45, 2.75) is 6.54 Å². The maximum absolute atomic E-state index is 14.4. The van der Waals surface area contributed by atoms with E-state index < -0.39 is 11.8 Å². The van der Waals surface area contributed by atoms with Gasteiger partial charge in [0.05, 0.1) is 11.4 Å². The van der Waals surface area contributed by atoms with Crippen molar-refractivity contribution >= 4 is 68.7 Å². The van der Waals surface area contributed by atoms with Crippen molar-refractivity contribution in [2.75, 3.05) is 0 Å². The number of fused-ring (bicyclic) bond motifs is 1. The minimum Gasteiger partial charge on any atom is -0.342 e. The van der Waals surface area contributed by atoms with E-state index >= 15 is 0 Å². The van der Waals surface area contributed by atoms with E-state index in [4.69, 9.17) is 23.8 Å². The fourth-order valence-electron chi connectivity index (χ4n) is 3.84. The predicted octanol–water partition coefficient (Wildman–Crippen LogP) is 6.03. The average molecular weight is 522 g/mol. The zero-order valence-electron chi connectivity index (χ0n) is 18.1. The summed E-state index contributed by atoms with van der Waals surface area (Å²) in [6.45, 7) is 0.230. The molecule has 1 fully saturated rings. The first-order valence-electron chi connectivity index (χ1n) is 10.6. The second-order valence-corrected chi connectivity index (χ2v) is 9.84. The maximum atomic E-state index is 14.4. The average Bonchev–Trinajstić information content (AvgIpc) is 3.34. The van der Waals surface area contributed by atoms with Crippen LogP contribution >= 0.6 is 35.6 Å². The molecule has 35 heavy (non-hydrogen) atoms. The number of hydrogen-bond donors (Lipinski definition) is 1. The number of carbonyl (C=O) groups is 2. The number of benzene rings is 3. The molecule has 4 aromatic rings. The lowest BCUT2D eigenvalue weighted by atomic mass is 10.1. The lowest BCUT2D eigenvalue weighted by molar-refractivity contribution is -0.123. The van der Waals surface area contributed by atoms with Crippen LogP contribution in [0.3, 0.4) is 0 Å². The molecule has 0 aliphatic carbocycles. The van der Waals surface area contributed by atoms with Gasteiger partial charge in [0, 0.05) is 38.8 Å². The van der Waals surface area contributed by atoms with Gasteiger partial charge < -0.3 is 4.57 Å². The number of hydrazine groups is 1. The Kier molecular flexibility index (Phi) is 6.42. The minimum absolute atomic E-state index is 0.229. The van der Waals surface area contributed by atoms with Crippen LogP contribution < -0.4 is 5.43 Å². The van der Waals surface area contributed by atoms with Crippen LogP contribution in [0.2, 0.25) is 5.02 Å². The highest BCUT2D eigenvalue weighted by Crippen LogP contribution is 2.34. The minimum atomic E-state index is -0.429. The first-order chi connectivity index (χ1) is 16.9. The topological polar surface area (TPSA) is 54.3 Å². The monoisotopic (exact) mass is 521 g/mol. The van der Waals surface area contributed by atoms with Crippen LogP contribution in [0.15, 0.2) is 83.9 Å². The molecule has 1 aliphatic heterocycles. The molecule has 0 unspecified atom stereocenters. The van der Waals surface area contributed by atoms with Gasteiger partial charge in [0.15, 0.2) is 4.32 Å². The van der Waals surface area contributed by atoms with Gasteiger partial charge in [-0.15, -0.1) is 0 Å². The number of nitrogens with zero attached hydrogens (tertiary/aromatic N) is 2. The molecule has 0 spiro atoms. The van der Waals surface area contributed by atoms with Crippen molar-refractivity contribution in [3.05, 3.63) is 111 Å². The molecule has 1 N–H and O–H groups in total. The number of hydrogen-bond acceptors (Lipinski definition) is 4. The van der Waals surface area contributed by atoms with Gasteiger partial charge in [0.1, 0.15) is 5.82 Å². The van der Waals surface area contributed by atoms with Crippen LogP contribution in [-0.4, -0.2) is 25.7 Å². The van der Waals surface area contributed by atoms with Crippen LogP contribution in [0.1, 0.15) is 21.5 Å². The summed E-state index contributed by atoms with van der Waals surface area (Å²) in [5.74, 6) is -1.23. The molecule has 174 valence electrons. The fourth-order valence-corrected chi connectivity index (χ4v) is 5.23. The van der Waals surface area contributed by atoms with Gasteiger partial charge in [-0.2, -0.15) is 5.01 Å². The van der Waals surface area contributed by atoms with Crippen molar-refractivity contribution in [3.8, 4) is 0 Å². The van der Waals surface area contributed by atoms with Crippen molar-refractivity contribution in [3.63, 3.8) is 0 Å². The number of rotatable bonds is 5. The van der Waals surface area contributed by atoms with E-state index in [1.54, 1.807) is 48.5 Å². The summed E-state index contributed by atoms with van der Waals surface area (Å²) < 4.78 is 16.5. The van der Waals surface area contributed by atoms with Gasteiger partial charge in [0.2, 0.25) is 0 Å². The standard InChI is InChI=1S/C26H17ClFN3O2S2/c27-20-10-6-11-21(28)19(20)15-30-14-17(18-9-4-5-12-22(18)30)13-23-25(33)31(26(34)35-23)29-24(32)16-7-2-1-3-8-16/h1-14H,15H2,(H,29,32)/b23-13+. The highest BCUT2D eigenvalue weighted by Gasteiger charge is 2.34. The number of carbonyl (C=O) groups excluding carboxylic acids is 2. The molecule has 2 heterocycles. The number of thioether (sulfide) groups is 1. The Bertz CT molecular complexity index is 1500. The van der Waals surface area contributed by atoms with Gasteiger partial charge in [-0.1, -0.05) is 65.8 Å². The second kappa shape index (κ2) is 9.65. The molecule has 9 heteroatoms. The Hall–Kier alpha value is -3.46. The highest BCUT2D eigenvalue weighted by atomic mass is 35.5. The van der Waals surface area contributed by atoms with E-state index in [2.05, 4.69) is 5.43 Å². The Labute approximate surface area is 215 Å². The van der Waals surface area contributed by atoms with Gasteiger partial charge in [-0.3, -0.25) is 15.0 Å². The molecule has 1 saturated heterocycles. The van der Waals surface area contributed by atoms with Crippen LogP contribution in [0.25, 0.3) is 17.0 Å². The summed E-state index contributed by atoms with van der Waals surface area (Å²) in [6, 6.07) is 20.8. The molecule has 1 aromatic heterocycles. The van der Waals surface area contributed by atoms with Crippen LogP contribution in [-0.2, 0) is 11.3 Å². The summed E-state index contributed by atoms with van der Waals surface area (Å²) in [4.78, 5) is 26.0. The molecule has 0 bridgehead atoms. The molecule has 1 aliphatic rings. The summed E-state index contributed by atoms with van der Waals surface area (Å²) in [7, 11) is 0. The van der Waals surface area contributed by atoms with Gasteiger partial charge in [0.25, 0.3) is 11.8 Å². The Balaban J connectivity index is 1.46. The quantitative estimate of drug-likeness (QED) is 0.257. The molecule has 5 nitrogen and oxygen atoms in total. The highest BCUT2D eigenvalue weighted by molar-refractivity contribution is 8.26. The molecular formula is C26H17ClFN3O2S2. The van der Waals surface area contributed by atoms with E-state index in [1.807, 2.05) is 35.0 Å². The lowest BCUT2D eigenvalue weighted by Gasteiger charge is -2.15. The van der Waals surface area contributed by atoms with Gasteiger partial charge in [-0.05, 0) is 48.6 Å². The number of para-hydroxylation sites is 1. The summed E-state index contributed by atoms with van der Waals surface area (Å²) in [5, 5.41) is 2.32. The third-order valence-corrected chi connectivity index (χ3v) is 7.20. The number of halogens is 2. The van der Waals surface area contributed by atoms with Crippen molar-refractivity contribution < 1.29 is 14.0 Å². The van der Waals surface area contributed by atoms with E-state index in [-0.39, 0.29) is 16.7 Å². The normalized spacial score (nSPS) is 14.8. The van der Waals surface area contributed by atoms with E-state index in [1.165, 1.54) is 6.07 Å². The van der Waals surface area contributed by atoms with E-state index in [0.29, 0.717) is 21.1 Å². The van der Waals surface area contributed by atoms with E-state index in [0.717, 1.165) is 33.2 Å². The summed E-state index contributed by atoms with van der Waals surface area (Å²) in [5.41, 5.74) is 5.01. The first-order valence-corrected chi connectivity index (χ1v) is 12.2. The van der Waals surface area contributed by atoms with Crippen molar-refractivity contribution in [2.24, 2.45) is 0 Å². The number of amides is 2. The number of thiocarbonyl (C=S) groups is 1.